The molecule has 1 aliphatic heterocycles. The van der Waals surface area contributed by atoms with Crippen LogP contribution in [0.3, 0.4) is 0 Å². The van der Waals surface area contributed by atoms with E-state index in [0.717, 1.165) is 25.9 Å². The zero-order valence-corrected chi connectivity index (χ0v) is 9.36. The third kappa shape index (κ3) is 2.55. The Morgan fingerprint density at radius 3 is 2.81 bits per heavy atom. The van der Waals surface area contributed by atoms with Crippen LogP contribution in [0.5, 0.6) is 0 Å². The van der Waals surface area contributed by atoms with E-state index in [1.54, 1.807) is 6.07 Å². The van der Waals surface area contributed by atoms with Crippen molar-refractivity contribution in [2.45, 2.75) is 25.3 Å². The summed E-state index contributed by atoms with van der Waals surface area (Å²) in [6.45, 7) is 3.98. The van der Waals surface area contributed by atoms with E-state index in [-0.39, 0.29) is 11.4 Å². The van der Waals surface area contributed by atoms with Crippen LogP contribution in [0.1, 0.15) is 30.1 Å². The number of hydrogen-bond donors (Lipinski definition) is 2. The van der Waals surface area contributed by atoms with Gasteiger partial charge in [-0.3, -0.25) is 4.79 Å². The Balaban J connectivity index is 2.01. The molecular weight excluding hydrogens is 204 g/mol. The van der Waals surface area contributed by atoms with Crippen LogP contribution >= 0.6 is 0 Å². The molecule has 1 aromatic heterocycles. The molecule has 0 saturated carbocycles. The van der Waals surface area contributed by atoms with Crippen molar-refractivity contribution in [2.24, 2.45) is 0 Å². The second-order valence-electron chi connectivity index (χ2n) is 4.40. The lowest BCUT2D eigenvalue weighted by molar-refractivity contribution is 0.0887. The first-order valence-electron chi connectivity index (χ1n) is 5.50. The molecule has 0 spiro atoms. The number of hydrogen-bond acceptors (Lipinski definition) is 4. The molecular formula is C11H16N4O. The van der Waals surface area contributed by atoms with Crippen molar-refractivity contribution < 1.29 is 4.79 Å². The molecule has 1 fully saturated rings. The Bertz CT molecular complexity index is 360. The predicted octanol–water partition coefficient (Wildman–Crippen LogP) is 0.349. The molecule has 1 saturated heterocycles. The highest BCUT2D eigenvalue weighted by molar-refractivity contribution is 5.94. The number of carbonyl (C=O) groups is 1. The van der Waals surface area contributed by atoms with Crippen molar-refractivity contribution in [1.82, 2.24) is 20.8 Å². The molecule has 2 rings (SSSR count). The maximum absolute atomic E-state index is 11.9. The average molecular weight is 220 g/mol. The van der Waals surface area contributed by atoms with Crippen LogP contribution in [-0.4, -0.2) is 34.7 Å². The van der Waals surface area contributed by atoms with Gasteiger partial charge in [0, 0.05) is 5.54 Å². The Morgan fingerprint density at radius 2 is 2.19 bits per heavy atom. The number of nitrogens with one attached hydrogen (secondary N) is 2. The largest absolute Gasteiger partial charge is 0.347 e. The summed E-state index contributed by atoms with van der Waals surface area (Å²) >= 11 is 0. The van der Waals surface area contributed by atoms with Crippen LogP contribution in [0.2, 0.25) is 0 Å². The first-order chi connectivity index (χ1) is 7.70. The number of rotatable bonds is 2. The maximum Gasteiger partial charge on any atom is 0.253 e. The summed E-state index contributed by atoms with van der Waals surface area (Å²) in [5.41, 5.74) is 0.459. The molecule has 0 unspecified atom stereocenters. The number of carbonyl (C=O) groups excluding carboxylic acids is 1. The van der Waals surface area contributed by atoms with Gasteiger partial charge >= 0.3 is 0 Å². The van der Waals surface area contributed by atoms with Crippen molar-refractivity contribution in [1.29, 1.82) is 0 Å². The summed E-state index contributed by atoms with van der Waals surface area (Å²) in [6.07, 6.45) is 4.92. The molecule has 1 aliphatic rings. The monoisotopic (exact) mass is 220 g/mol. The van der Waals surface area contributed by atoms with E-state index in [4.69, 9.17) is 0 Å². The van der Waals surface area contributed by atoms with E-state index in [2.05, 4.69) is 27.8 Å². The third-order valence-electron chi connectivity index (χ3n) is 2.97. The lowest BCUT2D eigenvalue weighted by Crippen LogP contribution is -2.52. The highest BCUT2D eigenvalue weighted by atomic mass is 16.1. The summed E-state index contributed by atoms with van der Waals surface area (Å²) in [7, 11) is 0. The number of piperidine rings is 1. The summed E-state index contributed by atoms with van der Waals surface area (Å²) in [5, 5.41) is 13.7. The maximum atomic E-state index is 11.9. The minimum absolute atomic E-state index is 0.0701. The normalized spacial score (nSPS) is 19.1. The number of nitrogens with zero attached hydrogens (tertiary/aromatic N) is 2. The van der Waals surface area contributed by atoms with Crippen LogP contribution in [-0.2, 0) is 0 Å². The highest BCUT2D eigenvalue weighted by Gasteiger charge is 2.28. The second-order valence-corrected chi connectivity index (χ2v) is 4.40. The summed E-state index contributed by atoms with van der Waals surface area (Å²) in [4.78, 5) is 11.9. The number of amides is 1. The van der Waals surface area contributed by atoms with Crippen molar-refractivity contribution in [3.63, 3.8) is 0 Å². The van der Waals surface area contributed by atoms with Gasteiger partial charge in [-0.2, -0.15) is 10.2 Å². The molecule has 0 aromatic carbocycles. The standard InChI is InChI=1S/C11H16N4O/c1-11(3-6-12-7-4-11)15-10(16)9-2-5-13-14-8-9/h2,5,8,12H,3-4,6-7H2,1H3,(H,15,16). The Morgan fingerprint density at radius 1 is 1.44 bits per heavy atom. The van der Waals surface area contributed by atoms with Gasteiger partial charge in [-0.1, -0.05) is 0 Å². The fourth-order valence-electron chi connectivity index (χ4n) is 1.87. The van der Waals surface area contributed by atoms with E-state index in [9.17, 15) is 4.79 Å². The van der Waals surface area contributed by atoms with Gasteiger partial charge in [-0.05, 0) is 38.9 Å². The quantitative estimate of drug-likeness (QED) is 0.754. The third-order valence-corrected chi connectivity index (χ3v) is 2.97. The summed E-state index contributed by atoms with van der Waals surface area (Å²) in [5.74, 6) is -0.0701. The lowest BCUT2D eigenvalue weighted by atomic mass is 9.90. The summed E-state index contributed by atoms with van der Waals surface area (Å²) < 4.78 is 0. The molecule has 0 atom stereocenters. The summed E-state index contributed by atoms with van der Waals surface area (Å²) in [6, 6.07) is 1.67. The predicted molar refractivity (Wildman–Crippen MR) is 60.0 cm³/mol. The van der Waals surface area contributed by atoms with E-state index < -0.39 is 0 Å². The van der Waals surface area contributed by atoms with Crippen molar-refractivity contribution >= 4 is 5.91 Å². The topological polar surface area (TPSA) is 66.9 Å². The van der Waals surface area contributed by atoms with E-state index in [0.29, 0.717) is 5.56 Å². The molecule has 86 valence electrons. The van der Waals surface area contributed by atoms with Gasteiger partial charge in [-0.15, -0.1) is 0 Å². The first-order valence-corrected chi connectivity index (χ1v) is 5.50. The van der Waals surface area contributed by atoms with Gasteiger partial charge in [-0.25, -0.2) is 0 Å². The van der Waals surface area contributed by atoms with Crippen LogP contribution in [0, 0.1) is 0 Å². The van der Waals surface area contributed by atoms with Crippen LogP contribution in [0.4, 0.5) is 0 Å². The van der Waals surface area contributed by atoms with E-state index in [1.807, 2.05) is 0 Å². The molecule has 0 bridgehead atoms. The van der Waals surface area contributed by atoms with E-state index >= 15 is 0 Å². The minimum Gasteiger partial charge on any atom is -0.347 e. The van der Waals surface area contributed by atoms with Gasteiger partial charge in [0.2, 0.25) is 0 Å². The molecule has 0 aliphatic carbocycles. The van der Waals surface area contributed by atoms with Crippen LogP contribution in [0.25, 0.3) is 0 Å². The lowest BCUT2D eigenvalue weighted by Gasteiger charge is -2.34. The molecule has 1 amide bonds. The molecule has 2 heterocycles. The molecule has 1 aromatic rings. The molecule has 5 nitrogen and oxygen atoms in total. The van der Waals surface area contributed by atoms with Crippen LogP contribution < -0.4 is 10.6 Å². The Hall–Kier alpha value is -1.49. The van der Waals surface area contributed by atoms with Gasteiger partial charge in [0.25, 0.3) is 5.91 Å². The second kappa shape index (κ2) is 4.57. The molecule has 16 heavy (non-hydrogen) atoms. The minimum atomic E-state index is -0.106. The molecule has 5 heteroatoms. The smallest absolute Gasteiger partial charge is 0.253 e. The molecule has 2 N–H and O–H groups in total. The fourth-order valence-corrected chi connectivity index (χ4v) is 1.87. The zero-order valence-electron chi connectivity index (χ0n) is 9.36. The van der Waals surface area contributed by atoms with E-state index in [1.165, 1.54) is 12.4 Å². The first kappa shape index (κ1) is 11.0. The van der Waals surface area contributed by atoms with Crippen molar-refractivity contribution in [3.8, 4) is 0 Å². The van der Waals surface area contributed by atoms with Gasteiger partial charge in [0.05, 0.1) is 18.0 Å². The van der Waals surface area contributed by atoms with Crippen molar-refractivity contribution in [2.75, 3.05) is 13.1 Å². The zero-order chi connectivity index (χ0) is 11.4. The average Bonchev–Trinajstić information content (AvgIpc) is 2.30. The van der Waals surface area contributed by atoms with Crippen molar-refractivity contribution in [3.05, 3.63) is 24.0 Å². The fraction of sp³-hybridized carbons (Fsp3) is 0.545. The Kier molecular flexibility index (Phi) is 3.14. The van der Waals surface area contributed by atoms with Gasteiger partial charge in [0.15, 0.2) is 0 Å². The van der Waals surface area contributed by atoms with Gasteiger partial charge in [0.1, 0.15) is 0 Å². The molecule has 0 radical (unpaired) electrons. The SMILES string of the molecule is CC1(NC(=O)c2ccnnc2)CCNCC1. The Labute approximate surface area is 94.6 Å². The van der Waals surface area contributed by atoms with Gasteiger partial charge < -0.3 is 10.6 Å². The van der Waals surface area contributed by atoms with Crippen LogP contribution in [0.15, 0.2) is 18.5 Å². The number of aromatic nitrogens is 2. The highest BCUT2D eigenvalue weighted by Crippen LogP contribution is 2.17.